The number of hydrogen-bond donors (Lipinski definition) is 1. The summed E-state index contributed by atoms with van der Waals surface area (Å²) in [4.78, 5) is 13.8. The number of hydrogen-bond acceptors (Lipinski definition) is 5. The molecule has 0 unspecified atom stereocenters. The maximum absolute atomic E-state index is 14.8. The maximum atomic E-state index is 14.8. The van der Waals surface area contributed by atoms with E-state index in [4.69, 9.17) is 4.52 Å². The molecule has 0 fully saturated rings. The van der Waals surface area contributed by atoms with Gasteiger partial charge in [0.1, 0.15) is 11.4 Å². The Morgan fingerprint density at radius 1 is 1.12 bits per heavy atom. The molecule has 0 saturated heterocycles. The molecule has 0 radical (unpaired) electrons. The number of aryl methyl sites for hydroxylation is 4. The number of carbonyl (C=O) groups excluding carboxylic acids is 1. The number of thioether (sulfide) groups is 1. The van der Waals surface area contributed by atoms with Crippen LogP contribution in [0.15, 0.2) is 57.9 Å². The van der Waals surface area contributed by atoms with E-state index in [0.29, 0.717) is 22.7 Å². The highest BCUT2D eigenvalue weighted by atomic mass is 32.2. The minimum Gasteiger partial charge on any atom is -0.361 e. The number of aromatic nitrogens is 3. The van der Waals surface area contributed by atoms with E-state index in [0.717, 1.165) is 33.3 Å². The van der Waals surface area contributed by atoms with Crippen molar-refractivity contribution in [3.05, 3.63) is 88.3 Å². The topological polar surface area (TPSA) is 73.0 Å². The van der Waals surface area contributed by atoms with Gasteiger partial charge in [0.05, 0.1) is 17.0 Å². The lowest BCUT2D eigenvalue weighted by Gasteiger charge is -2.12. The van der Waals surface area contributed by atoms with Gasteiger partial charge in [-0.2, -0.15) is 5.10 Å². The second kappa shape index (κ2) is 9.00. The third-order valence-electron chi connectivity index (χ3n) is 5.13. The van der Waals surface area contributed by atoms with Crippen molar-refractivity contribution in [1.29, 1.82) is 0 Å². The van der Waals surface area contributed by atoms with Crippen LogP contribution in [0.25, 0.3) is 5.69 Å². The van der Waals surface area contributed by atoms with Gasteiger partial charge in [0.25, 0.3) is 5.91 Å². The number of amides is 1. The minimum atomic E-state index is -0.463. The predicted octanol–water partition coefficient (Wildman–Crippen LogP) is 5.78. The molecule has 2 aromatic heterocycles. The van der Waals surface area contributed by atoms with Gasteiger partial charge in [-0.1, -0.05) is 17.3 Å². The SMILES string of the molecule is Cc1cc(C)n(-c2ccc(NC(=O)c3ccccc3SCc3c(C)noc3C)cc2F)n1. The van der Waals surface area contributed by atoms with Crippen LogP contribution in [0.4, 0.5) is 10.1 Å². The predicted molar refractivity (Wildman–Crippen MR) is 123 cm³/mol. The fourth-order valence-corrected chi connectivity index (χ4v) is 4.67. The van der Waals surface area contributed by atoms with E-state index in [2.05, 4.69) is 15.6 Å². The summed E-state index contributed by atoms with van der Waals surface area (Å²) in [7, 11) is 0. The van der Waals surface area contributed by atoms with Crippen molar-refractivity contribution in [2.24, 2.45) is 0 Å². The Labute approximate surface area is 189 Å². The van der Waals surface area contributed by atoms with E-state index < -0.39 is 5.82 Å². The molecular formula is C24H23FN4O2S. The molecule has 0 aliphatic rings. The van der Waals surface area contributed by atoms with Crippen molar-refractivity contribution in [2.75, 3.05) is 5.32 Å². The minimum absolute atomic E-state index is 0.301. The molecular weight excluding hydrogens is 427 g/mol. The maximum Gasteiger partial charge on any atom is 0.256 e. The highest BCUT2D eigenvalue weighted by Crippen LogP contribution is 2.29. The van der Waals surface area contributed by atoms with Crippen molar-refractivity contribution < 1.29 is 13.7 Å². The van der Waals surface area contributed by atoms with Gasteiger partial charge in [-0.05, 0) is 64.1 Å². The van der Waals surface area contributed by atoms with Gasteiger partial charge < -0.3 is 9.84 Å². The van der Waals surface area contributed by atoms with Gasteiger partial charge >= 0.3 is 0 Å². The van der Waals surface area contributed by atoms with Crippen LogP contribution in [0.3, 0.4) is 0 Å². The molecule has 4 rings (SSSR count). The zero-order valence-electron chi connectivity index (χ0n) is 18.3. The molecule has 0 aliphatic heterocycles. The Hall–Kier alpha value is -3.39. The van der Waals surface area contributed by atoms with Gasteiger partial charge in [0.15, 0.2) is 5.82 Å². The molecule has 1 amide bonds. The van der Waals surface area contributed by atoms with Crippen molar-refractivity contribution in [2.45, 2.75) is 38.3 Å². The molecule has 32 heavy (non-hydrogen) atoms. The molecule has 8 heteroatoms. The monoisotopic (exact) mass is 450 g/mol. The van der Waals surface area contributed by atoms with E-state index in [-0.39, 0.29) is 5.91 Å². The van der Waals surface area contributed by atoms with Gasteiger partial charge in [-0.3, -0.25) is 4.79 Å². The van der Waals surface area contributed by atoms with Crippen LogP contribution in [0.1, 0.15) is 38.8 Å². The smallest absolute Gasteiger partial charge is 0.256 e. The highest BCUT2D eigenvalue weighted by molar-refractivity contribution is 7.98. The summed E-state index contributed by atoms with van der Waals surface area (Å²) in [6.45, 7) is 7.50. The van der Waals surface area contributed by atoms with Crippen LogP contribution < -0.4 is 5.32 Å². The van der Waals surface area contributed by atoms with Crippen LogP contribution in [-0.2, 0) is 5.75 Å². The quantitative estimate of drug-likeness (QED) is 0.377. The Bertz CT molecular complexity index is 1280. The Balaban J connectivity index is 1.52. The van der Waals surface area contributed by atoms with Gasteiger partial charge in [-0.15, -0.1) is 11.8 Å². The number of halogens is 1. The average molecular weight is 451 g/mol. The standard InChI is InChI=1S/C24H23FN4O2S/c1-14-11-15(2)29(27-14)22-10-9-18(12-21(22)25)26-24(30)19-7-5-6-8-23(19)32-13-20-16(3)28-31-17(20)4/h5-12H,13H2,1-4H3,(H,26,30). The van der Waals surface area contributed by atoms with Crippen molar-refractivity contribution in [3.63, 3.8) is 0 Å². The Morgan fingerprint density at radius 2 is 1.91 bits per heavy atom. The molecule has 0 aliphatic carbocycles. The van der Waals surface area contributed by atoms with Crippen molar-refractivity contribution >= 4 is 23.4 Å². The molecule has 0 saturated carbocycles. The van der Waals surface area contributed by atoms with Crippen LogP contribution >= 0.6 is 11.8 Å². The number of benzene rings is 2. The Kier molecular flexibility index (Phi) is 6.14. The zero-order valence-corrected chi connectivity index (χ0v) is 19.1. The lowest BCUT2D eigenvalue weighted by atomic mass is 10.2. The molecule has 6 nitrogen and oxygen atoms in total. The summed E-state index contributed by atoms with van der Waals surface area (Å²) in [5.74, 6) is 0.646. The van der Waals surface area contributed by atoms with Crippen LogP contribution in [0, 0.1) is 33.5 Å². The van der Waals surface area contributed by atoms with E-state index >= 15 is 0 Å². The lowest BCUT2D eigenvalue weighted by Crippen LogP contribution is -2.13. The molecule has 4 aromatic rings. The van der Waals surface area contributed by atoms with E-state index in [1.165, 1.54) is 17.8 Å². The van der Waals surface area contributed by atoms with Crippen molar-refractivity contribution in [1.82, 2.24) is 14.9 Å². The summed E-state index contributed by atoms with van der Waals surface area (Å²) in [5, 5.41) is 11.1. The summed E-state index contributed by atoms with van der Waals surface area (Å²) < 4.78 is 21.5. The van der Waals surface area contributed by atoms with E-state index in [9.17, 15) is 9.18 Å². The first-order chi connectivity index (χ1) is 15.3. The number of anilines is 1. The van der Waals surface area contributed by atoms with Gasteiger partial charge in [-0.25, -0.2) is 9.07 Å². The number of rotatable bonds is 6. The molecule has 2 aromatic carbocycles. The Morgan fingerprint density at radius 3 is 2.56 bits per heavy atom. The fraction of sp³-hybridized carbons (Fsp3) is 0.208. The van der Waals surface area contributed by atoms with Crippen LogP contribution in [0.2, 0.25) is 0 Å². The van der Waals surface area contributed by atoms with E-state index in [1.807, 2.05) is 45.9 Å². The summed E-state index contributed by atoms with van der Waals surface area (Å²) in [6, 6.07) is 13.8. The van der Waals surface area contributed by atoms with E-state index in [1.54, 1.807) is 28.9 Å². The summed E-state index contributed by atoms with van der Waals surface area (Å²) in [6.07, 6.45) is 0. The molecule has 164 valence electrons. The lowest BCUT2D eigenvalue weighted by molar-refractivity contribution is 0.102. The normalized spacial score (nSPS) is 11.0. The average Bonchev–Trinajstić information content (AvgIpc) is 3.26. The molecule has 2 heterocycles. The third kappa shape index (κ3) is 4.45. The first kappa shape index (κ1) is 21.8. The van der Waals surface area contributed by atoms with Gasteiger partial charge in [0.2, 0.25) is 0 Å². The number of nitrogens with zero attached hydrogens (tertiary/aromatic N) is 3. The molecule has 0 bridgehead atoms. The van der Waals surface area contributed by atoms with Crippen LogP contribution in [-0.4, -0.2) is 20.8 Å². The third-order valence-corrected chi connectivity index (χ3v) is 6.23. The summed E-state index contributed by atoms with van der Waals surface area (Å²) >= 11 is 1.53. The number of carbonyl (C=O) groups is 1. The highest BCUT2D eigenvalue weighted by Gasteiger charge is 2.16. The van der Waals surface area contributed by atoms with Gasteiger partial charge in [0, 0.05) is 27.6 Å². The largest absolute Gasteiger partial charge is 0.361 e. The van der Waals surface area contributed by atoms with Crippen molar-refractivity contribution in [3.8, 4) is 5.69 Å². The first-order valence-corrected chi connectivity index (χ1v) is 11.1. The second-order valence-electron chi connectivity index (χ2n) is 7.55. The number of nitrogens with one attached hydrogen (secondary N) is 1. The fourth-order valence-electron chi connectivity index (χ4n) is 3.47. The molecule has 0 atom stereocenters. The first-order valence-electron chi connectivity index (χ1n) is 10.1. The summed E-state index contributed by atoms with van der Waals surface area (Å²) in [5.41, 5.74) is 4.74. The second-order valence-corrected chi connectivity index (χ2v) is 8.56. The molecule has 1 N–H and O–H groups in total. The zero-order chi connectivity index (χ0) is 22.8. The molecule has 0 spiro atoms. The van der Waals surface area contributed by atoms with Crippen LogP contribution in [0.5, 0.6) is 0 Å².